The summed E-state index contributed by atoms with van der Waals surface area (Å²) in [6, 6.07) is 0.664. The van der Waals surface area contributed by atoms with E-state index < -0.39 is 0 Å². The smallest absolute Gasteiger partial charge is 0.0803 e. The van der Waals surface area contributed by atoms with E-state index in [9.17, 15) is 0 Å². The van der Waals surface area contributed by atoms with E-state index in [2.05, 4.69) is 4.68 Å². The summed E-state index contributed by atoms with van der Waals surface area (Å²) in [5.41, 5.74) is 9.89. The Morgan fingerprint density at radius 3 is 2.94 bits per heavy atom. The van der Waals surface area contributed by atoms with Crippen LogP contribution in [0.1, 0.15) is 48.7 Å². The van der Waals surface area contributed by atoms with Gasteiger partial charge in [-0.05, 0) is 25.0 Å². The van der Waals surface area contributed by atoms with Gasteiger partial charge in [0.1, 0.15) is 0 Å². The molecular weight excluding hydrogens is 218 g/mol. The lowest BCUT2D eigenvalue weighted by atomic mass is 10.1. The van der Waals surface area contributed by atoms with Gasteiger partial charge in [0.05, 0.1) is 11.7 Å². The Balaban J connectivity index is 2.00. The van der Waals surface area contributed by atoms with Crippen molar-refractivity contribution in [3.63, 3.8) is 0 Å². The first-order valence-corrected chi connectivity index (χ1v) is 7.42. The van der Waals surface area contributed by atoms with Crippen LogP contribution in [-0.2, 0) is 18.7 Å². The van der Waals surface area contributed by atoms with Crippen LogP contribution < -0.4 is 5.73 Å². The van der Waals surface area contributed by atoms with Crippen molar-refractivity contribution >= 4 is 11.8 Å². The Kier molecular flexibility index (Phi) is 2.94. The first-order chi connectivity index (χ1) is 7.90. The minimum Gasteiger partial charge on any atom is -0.325 e. The van der Waals surface area contributed by atoms with Crippen molar-refractivity contribution in [2.75, 3.05) is 5.75 Å². The molecule has 1 fully saturated rings. The topological polar surface area (TPSA) is 43.8 Å². The number of hydrogen-bond acceptors (Lipinski definition) is 3. The Hall–Kier alpha value is -0.480. The fourth-order valence-corrected chi connectivity index (χ4v) is 3.96. The molecule has 1 aromatic heterocycles. The minimum absolute atomic E-state index is 0.600. The molecule has 0 atom stereocenters. The molecule has 2 N–H and O–H groups in total. The minimum atomic E-state index is 0.600. The summed E-state index contributed by atoms with van der Waals surface area (Å²) < 4.78 is 2.32. The zero-order valence-electron chi connectivity index (χ0n) is 9.61. The predicted octanol–water partition coefficient (Wildman–Crippen LogP) is 2.25. The van der Waals surface area contributed by atoms with Crippen molar-refractivity contribution in [2.24, 2.45) is 5.73 Å². The molecule has 2 aliphatic rings. The van der Waals surface area contributed by atoms with Crippen molar-refractivity contribution in [1.82, 2.24) is 9.78 Å². The van der Waals surface area contributed by atoms with Crippen LogP contribution in [-0.4, -0.2) is 15.5 Å². The quantitative estimate of drug-likeness (QED) is 0.858. The lowest BCUT2D eigenvalue weighted by Crippen LogP contribution is -2.13. The first kappa shape index (κ1) is 10.7. The van der Waals surface area contributed by atoms with E-state index in [1.165, 1.54) is 49.1 Å². The van der Waals surface area contributed by atoms with Gasteiger partial charge >= 0.3 is 0 Å². The van der Waals surface area contributed by atoms with Crippen LogP contribution in [0.25, 0.3) is 0 Å². The molecule has 0 spiro atoms. The van der Waals surface area contributed by atoms with Gasteiger partial charge in [-0.1, -0.05) is 12.8 Å². The molecule has 1 aliphatic heterocycles. The highest BCUT2D eigenvalue weighted by Crippen LogP contribution is 2.35. The molecule has 0 bridgehead atoms. The molecule has 2 heterocycles. The van der Waals surface area contributed by atoms with Gasteiger partial charge in [-0.15, -0.1) is 0 Å². The van der Waals surface area contributed by atoms with E-state index in [1.807, 2.05) is 11.8 Å². The second-order valence-corrected chi connectivity index (χ2v) is 5.87. The van der Waals surface area contributed by atoms with Crippen LogP contribution >= 0.6 is 11.8 Å². The fraction of sp³-hybridized carbons (Fsp3) is 0.750. The molecule has 3 nitrogen and oxygen atoms in total. The average molecular weight is 237 g/mol. The number of fused-ring (bicyclic) bond motifs is 1. The number of nitrogens with two attached hydrogens (primary N) is 1. The van der Waals surface area contributed by atoms with Gasteiger partial charge in [-0.25, -0.2) is 0 Å². The van der Waals surface area contributed by atoms with Crippen LogP contribution in [0, 0.1) is 0 Å². The van der Waals surface area contributed by atoms with Crippen molar-refractivity contribution < 1.29 is 0 Å². The summed E-state index contributed by atoms with van der Waals surface area (Å²) in [6.07, 6.45) is 6.54. The molecule has 0 unspecified atom stereocenters. The Bertz CT molecular complexity index is 380. The first-order valence-electron chi connectivity index (χ1n) is 6.27. The summed E-state index contributed by atoms with van der Waals surface area (Å²) in [5.74, 6) is 2.37. The fourth-order valence-electron chi connectivity index (χ4n) is 2.95. The Morgan fingerprint density at radius 1 is 1.38 bits per heavy atom. The molecule has 4 heteroatoms. The maximum absolute atomic E-state index is 5.80. The van der Waals surface area contributed by atoms with Gasteiger partial charge in [0.15, 0.2) is 0 Å². The van der Waals surface area contributed by atoms with E-state index in [4.69, 9.17) is 10.8 Å². The van der Waals surface area contributed by atoms with Gasteiger partial charge < -0.3 is 5.73 Å². The van der Waals surface area contributed by atoms with Crippen molar-refractivity contribution in [2.45, 2.75) is 50.4 Å². The molecule has 3 rings (SSSR count). The third-order valence-corrected chi connectivity index (χ3v) is 4.78. The third kappa shape index (κ3) is 1.68. The second-order valence-electron chi connectivity index (χ2n) is 4.76. The van der Waals surface area contributed by atoms with E-state index in [1.54, 1.807) is 0 Å². The number of hydrogen-bond donors (Lipinski definition) is 1. The molecular formula is C12H19N3S. The average Bonchev–Trinajstić information content (AvgIpc) is 2.95. The van der Waals surface area contributed by atoms with Crippen molar-refractivity contribution in [1.29, 1.82) is 0 Å². The maximum atomic E-state index is 5.80. The normalized spacial score (nSPS) is 21.3. The highest BCUT2D eigenvalue weighted by atomic mass is 32.2. The molecule has 88 valence electrons. The number of aromatic nitrogens is 2. The second kappa shape index (κ2) is 4.41. The molecule has 0 amide bonds. The molecule has 0 saturated heterocycles. The monoisotopic (exact) mass is 237 g/mol. The summed E-state index contributed by atoms with van der Waals surface area (Å²) in [4.78, 5) is 0. The summed E-state index contributed by atoms with van der Waals surface area (Å²) >= 11 is 2.01. The lowest BCUT2D eigenvalue weighted by molar-refractivity contribution is 0.448. The molecule has 0 aromatic carbocycles. The van der Waals surface area contributed by atoms with Gasteiger partial charge in [-0.3, -0.25) is 4.68 Å². The van der Waals surface area contributed by atoms with Crippen LogP contribution in [0.3, 0.4) is 0 Å². The summed E-state index contributed by atoms with van der Waals surface area (Å²) in [7, 11) is 0. The van der Waals surface area contributed by atoms with E-state index in [-0.39, 0.29) is 0 Å². The number of rotatable bonds is 2. The zero-order valence-corrected chi connectivity index (χ0v) is 10.4. The molecule has 1 aromatic rings. The van der Waals surface area contributed by atoms with Gasteiger partial charge in [0.2, 0.25) is 0 Å². The van der Waals surface area contributed by atoms with Gasteiger partial charge in [0, 0.05) is 23.6 Å². The molecule has 1 saturated carbocycles. The molecule has 16 heavy (non-hydrogen) atoms. The van der Waals surface area contributed by atoms with E-state index in [0.717, 1.165) is 11.4 Å². The lowest BCUT2D eigenvalue weighted by Gasteiger charge is -2.17. The van der Waals surface area contributed by atoms with E-state index >= 15 is 0 Å². The number of thioether (sulfide) groups is 1. The largest absolute Gasteiger partial charge is 0.325 e. The van der Waals surface area contributed by atoms with Crippen LogP contribution in [0.4, 0.5) is 0 Å². The Labute approximate surface area is 101 Å². The summed E-state index contributed by atoms with van der Waals surface area (Å²) in [5, 5.41) is 4.77. The maximum Gasteiger partial charge on any atom is 0.0803 e. The zero-order chi connectivity index (χ0) is 11.0. The number of nitrogens with zero attached hydrogens (tertiary/aromatic N) is 2. The summed E-state index contributed by atoms with van der Waals surface area (Å²) in [6.45, 7) is 0.600. The SMILES string of the molecule is NCc1nn(C2CCCC2)c2c1CSCC2. The van der Waals surface area contributed by atoms with Crippen LogP contribution in [0.2, 0.25) is 0 Å². The highest BCUT2D eigenvalue weighted by Gasteiger charge is 2.26. The van der Waals surface area contributed by atoms with Crippen LogP contribution in [0.5, 0.6) is 0 Å². The highest BCUT2D eigenvalue weighted by molar-refractivity contribution is 7.98. The Morgan fingerprint density at radius 2 is 2.19 bits per heavy atom. The molecule has 1 aliphatic carbocycles. The third-order valence-electron chi connectivity index (χ3n) is 3.80. The molecule has 0 radical (unpaired) electrons. The van der Waals surface area contributed by atoms with Gasteiger partial charge in [0.25, 0.3) is 0 Å². The predicted molar refractivity (Wildman–Crippen MR) is 67.5 cm³/mol. The van der Waals surface area contributed by atoms with Crippen LogP contribution in [0.15, 0.2) is 0 Å². The van der Waals surface area contributed by atoms with Crippen molar-refractivity contribution in [3.05, 3.63) is 17.0 Å². The van der Waals surface area contributed by atoms with E-state index in [0.29, 0.717) is 12.6 Å². The van der Waals surface area contributed by atoms with Gasteiger partial charge in [-0.2, -0.15) is 16.9 Å². The standard InChI is InChI=1S/C12H19N3S/c13-7-11-10-8-16-6-5-12(10)15(14-11)9-3-1-2-4-9/h9H,1-8,13H2. The van der Waals surface area contributed by atoms with Crippen molar-refractivity contribution in [3.8, 4) is 0 Å².